The van der Waals surface area contributed by atoms with E-state index in [-0.39, 0.29) is 5.91 Å². The average molecular weight is 305 g/mol. The monoisotopic (exact) mass is 305 g/mol. The van der Waals surface area contributed by atoms with Crippen LogP contribution in [0.1, 0.15) is 21.1 Å². The van der Waals surface area contributed by atoms with E-state index in [0.717, 1.165) is 27.9 Å². The summed E-state index contributed by atoms with van der Waals surface area (Å²) in [6, 6.07) is 7.75. The molecule has 0 aliphatic rings. The number of thiophene rings is 1. The number of carbonyl (C=O) groups is 1. The van der Waals surface area contributed by atoms with Crippen LogP contribution < -0.4 is 5.32 Å². The number of hydrogen-bond donors (Lipinski definition) is 1. The molecule has 0 spiro atoms. The Bertz CT molecular complexity index is 716. The van der Waals surface area contributed by atoms with Gasteiger partial charge in [-0.1, -0.05) is 10.6 Å². The van der Waals surface area contributed by atoms with Gasteiger partial charge in [-0.3, -0.25) is 4.79 Å². The summed E-state index contributed by atoms with van der Waals surface area (Å²) in [5, 5.41) is 8.62. The minimum absolute atomic E-state index is 0.174. The quantitative estimate of drug-likeness (QED) is 0.804. The summed E-state index contributed by atoms with van der Waals surface area (Å²) in [6.45, 7) is 2.11. The summed E-state index contributed by atoms with van der Waals surface area (Å²) in [6.07, 6.45) is 0. The van der Waals surface area contributed by atoms with Gasteiger partial charge in [-0.15, -0.1) is 16.4 Å². The van der Waals surface area contributed by atoms with Crippen LogP contribution in [-0.4, -0.2) is 15.5 Å². The molecule has 20 heavy (non-hydrogen) atoms. The number of carbonyl (C=O) groups excluding carboxylic acids is 1. The molecule has 0 aromatic carbocycles. The zero-order chi connectivity index (χ0) is 13.9. The average Bonchev–Trinajstić information content (AvgIpc) is 3.16. The Morgan fingerprint density at radius 2 is 2.30 bits per heavy atom. The van der Waals surface area contributed by atoms with Crippen LogP contribution >= 0.6 is 22.9 Å². The van der Waals surface area contributed by atoms with Crippen molar-refractivity contribution in [1.82, 2.24) is 14.9 Å². The van der Waals surface area contributed by atoms with Gasteiger partial charge < -0.3 is 9.73 Å². The first-order chi connectivity index (χ1) is 9.74. The Morgan fingerprint density at radius 1 is 1.40 bits per heavy atom. The van der Waals surface area contributed by atoms with Crippen molar-refractivity contribution in [1.29, 1.82) is 0 Å². The summed E-state index contributed by atoms with van der Waals surface area (Å²) in [7, 11) is 0. The standard InChI is InChI=1S/C13H11N3O2S2/c1-8-12(20-16-15-8)13(17)14-7-9-4-5-10(18-9)11-3-2-6-19-11/h2-6H,7H2,1H3,(H,14,17). The van der Waals surface area contributed by atoms with Crippen molar-refractivity contribution in [2.45, 2.75) is 13.5 Å². The van der Waals surface area contributed by atoms with E-state index in [1.807, 2.05) is 29.6 Å². The Hall–Kier alpha value is -1.99. The number of nitrogens with one attached hydrogen (secondary N) is 1. The lowest BCUT2D eigenvalue weighted by Gasteiger charge is -2.00. The second kappa shape index (κ2) is 5.56. The maximum absolute atomic E-state index is 11.9. The van der Waals surface area contributed by atoms with Crippen molar-refractivity contribution in [3.63, 3.8) is 0 Å². The van der Waals surface area contributed by atoms with E-state index < -0.39 is 0 Å². The van der Waals surface area contributed by atoms with Crippen LogP contribution in [0.2, 0.25) is 0 Å². The van der Waals surface area contributed by atoms with Crippen LogP contribution in [0.4, 0.5) is 0 Å². The number of aromatic nitrogens is 2. The number of amides is 1. The number of aryl methyl sites for hydroxylation is 1. The van der Waals surface area contributed by atoms with E-state index in [2.05, 4.69) is 14.9 Å². The van der Waals surface area contributed by atoms with Crippen molar-refractivity contribution in [2.24, 2.45) is 0 Å². The molecule has 3 heterocycles. The SMILES string of the molecule is Cc1nnsc1C(=O)NCc1ccc(-c2cccs2)o1. The largest absolute Gasteiger partial charge is 0.458 e. The summed E-state index contributed by atoms with van der Waals surface area (Å²) in [5.41, 5.74) is 0.645. The molecule has 0 saturated carbocycles. The molecule has 0 bridgehead atoms. The second-order valence-electron chi connectivity index (χ2n) is 4.11. The fourth-order valence-electron chi connectivity index (χ4n) is 1.71. The highest BCUT2D eigenvalue weighted by atomic mass is 32.1. The third kappa shape index (κ3) is 2.63. The highest BCUT2D eigenvalue weighted by Gasteiger charge is 2.13. The predicted octanol–water partition coefficient (Wildman–Crippen LogP) is 3.10. The van der Waals surface area contributed by atoms with Crippen LogP contribution in [0.25, 0.3) is 10.6 Å². The summed E-state index contributed by atoms with van der Waals surface area (Å²) in [4.78, 5) is 13.5. The van der Waals surface area contributed by atoms with E-state index in [0.29, 0.717) is 17.1 Å². The fourth-order valence-corrected chi connectivity index (χ4v) is 2.97. The van der Waals surface area contributed by atoms with E-state index >= 15 is 0 Å². The van der Waals surface area contributed by atoms with Gasteiger partial charge in [0.1, 0.15) is 16.4 Å². The van der Waals surface area contributed by atoms with Crippen molar-refractivity contribution < 1.29 is 9.21 Å². The van der Waals surface area contributed by atoms with Gasteiger partial charge in [-0.25, -0.2) is 0 Å². The van der Waals surface area contributed by atoms with Crippen LogP contribution in [0.5, 0.6) is 0 Å². The van der Waals surface area contributed by atoms with Gasteiger partial charge in [-0.05, 0) is 42.0 Å². The highest BCUT2D eigenvalue weighted by Crippen LogP contribution is 2.26. The number of nitrogens with zero attached hydrogens (tertiary/aromatic N) is 2. The smallest absolute Gasteiger partial charge is 0.265 e. The molecule has 3 aromatic rings. The van der Waals surface area contributed by atoms with Crippen LogP contribution in [0.15, 0.2) is 34.1 Å². The summed E-state index contributed by atoms with van der Waals surface area (Å²) < 4.78 is 9.44. The van der Waals surface area contributed by atoms with Crippen molar-refractivity contribution in [3.05, 3.63) is 46.0 Å². The first-order valence-corrected chi connectivity index (χ1v) is 7.59. The van der Waals surface area contributed by atoms with Gasteiger partial charge in [0.15, 0.2) is 0 Å². The number of furan rings is 1. The van der Waals surface area contributed by atoms with Gasteiger partial charge in [0, 0.05) is 0 Å². The molecular weight excluding hydrogens is 294 g/mol. The van der Waals surface area contributed by atoms with Gasteiger partial charge in [-0.2, -0.15) is 0 Å². The van der Waals surface area contributed by atoms with Crippen LogP contribution in [0.3, 0.4) is 0 Å². The molecule has 0 aliphatic heterocycles. The maximum atomic E-state index is 11.9. The second-order valence-corrected chi connectivity index (χ2v) is 5.82. The zero-order valence-electron chi connectivity index (χ0n) is 10.6. The lowest BCUT2D eigenvalue weighted by molar-refractivity contribution is 0.0951. The van der Waals surface area contributed by atoms with Gasteiger partial charge in [0.2, 0.25) is 0 Å². The van der Waals surface area contributed by atoms with E-state index in [9.17, 15) is 4.79 Å². The van der Waals surface area contributed by atoms with Crippen LogP contribution in [0, 0.1) is 6.92 Å². The molecule has 1 amide bonds. The van der Waals surface area contributed by atoms with Gasteiger partial charge >= 0.3 is 0 Å². The molecule has 0 atom stereocenters. The molecule has 102 valence electrons. The number of rotatable bonds is 4. The van der Waals surface area contributed by atoms with Crippen molar-refractivity contribution in [2.75, 3.05) is 0 Å². The first-order valence-electron chi connectivity index (χ1n) is 5.94. The van der Waals surface area contributed by atoms with E-state index in [4.69, 9.17) is 4.42 Å². The molecule has 0 fully saturated rings. The van der Waals surface area contributed by atoms with Gasteiger partial charge in [0.25, 0.3) is 5.91 Å². The maximum Gasteiger partial charge on any atom is 0.265 e. The van der Waals surface area contributed by atoms with E-state index in [1.165, 1.54) is 0 Å². The fraction of sp³-hybridized carbons (Fsp3) is 0.154. The normalized spacial score (nSPS) is 10.7. The zero-order valence-corrected chi connectivity index (χ0v) is 12.3. The molecule has 3 aromatic heterocycles. The molecular formula is C13H11N3O2S2. The molecule has 0 saturated heterocycles. The summed E-state index contributed by atoms with van der Waals surface area (Å²) >= 11 is 2.71. The minimum Gasteiger partial charge on any atom is -0.458 e. The third-order valence-electron chi connectivity index (χ3n) is 2.71. The lowest BCUT2D eigenvalue weighted by atomic mass is 10.3. The third-order valence-corrected chi connectivity index (χ3v) is 4.42. The molecule has 5 nitrogen and oxygen atoms in total. The van der Waals surface area contributed by atoms with Gasteiger partial charge in [0.05, 0.1) is 17.1 Å². The Labute approximate surface area is 123 Å². The summed E-state index contributed by atoms with van der Waals surface area (Å²) in [5.74, 6) is 1.36. The molecule has 7 heteroatoms. The highest BCUT2D eigenvalue weighted by molar-refractivity contribution is 7.13. The Balaban J connectivity index is 1.65. The molecule has 0 unspecified atom stereocenters. The molecule has 3 rings (SSSR count). The van der Waals surface area contributed by atoms with E-state index in [1.54, 1.807) is 18.3 Å². The minimum atomic E-state index is -0.174. The lowest BCUT2D eigenvalue weighted by Crippen LogP contribution is -2.22. The topological polar surface area (TPSA) is 68.0 Å². The van der Waals surface area contributed by atoms with Crippen molar-refractivity contribution in [3.8, 4) is 10.6 Å². The predicted molar refractivity (Wildman–Crippen MR) is 77.8 cm³/mol. The van der Waals surface area contributed by atoms with Crippen LogP contribution in [-0.2, 0) is 6.54 Å². The van der Waals surface area contributed by atoms with Crippen molar-refractivity contribution >= 4 is 28.8 Å². The molecule has 0 radical (unpaired) electrons. The Kier molecular flexibility index (Phi) is 3.62. The molecule has 0 aliphatic carbocycles. The Morgan fingerprint density at radius 3 is 3.00 bits per heavy atom. The molecule has 1 N–H and O–H groups in total. The first kappa shape index (κ1) is 13.0. The number of hydrogen-bond acceptors (Lipinski definition) is 6.